The van der Waals surface area contributed by atoms with Crippen LogP contribution in [0.15, 0.2) is 30.9 Å². The molecule has 5 nitrogen and oxygen atoms in total. The number of fused-ring (bicyclic) bond motifs is 1. The molecule has 0 amide bonds. The summed E-state index contributed by atoms with van der Waals surface area (Å²) in [5.41, 5.74) is 3.66. The molecular formula is C18H25N5. The molecule has 23 heavy (non-hydrogen) atoms. The lowest BCUT2D eigenvalue weighted by Gasteiger charge is -2.21. The Labute approximate surface area is 138 Å². The molecule has 0 saturated heterocycles. The smallest absolute Gasteiger partial charge is 0.133 e. The number of aromatic nitrogens is 3. The molecule has 3 heterocycles. The van der Waals surface area contributed by atoms with E-state index in [9.17, 15) is 0 Å². The van der Waals surface area contributed by atoms with Gasteiger partial charge in [-0.3, -0.25) is 4.98 Å². The van der Waals surface area contributed by atoms with E-state index in [0.717, 1.165) is 38.2 Å². The Kier molecular flexibility index (Phi) is 5.53. The summed E-state index contributed by atoms with van der Waals surface area (Å²) in [6.45, 7) is 4.20. The quantitative estimate of drug-likeness (QED) is 0.859. The number of hydrogen-bond donors (Lipinski definition) is 2. The first-order chi connectivity index (χ1) is 11.4. The number of hydrogen-bond acceptors (Lipinski definition) is 5. The van der Waals surface area contributed by atoms with Gasteiger partial charge >= 0.3 is 0 Å². The summed E-state index contributed by atoms with van der Waals surface area (Å²) < 4.78 is 0. The minimum atomic E-state index is 0.249. The average Bonchev–Trinajstić information content (AvgIpc) is 2.85. The molecule has 1 aliphatic heterocycles. The lowest BCUT2D eigenvalue weighted by Crippen LogP contribution is -2.17. The summed E-state index contributed by atoms with van der Waals surface area (Å²) in [4.78, 5) is 13.3. The van der Waals surface area contributed by atoms with Crippen molar-refractivity contribution in [2.75, 3.05) is 18.4 Å². The molecule has 0 spiro atoms. The van der Waals surface area contributed by atoms with Gasteiger partial charge in [0.25, 0.3) is 0 Å². The minimum absolute atomic E-state index is 0.249. The van der Waals surface area contributed by atoms with Gasteiger partial charge in [0.05, 0.1) is 11.7 Å². The van der Waals surface area contributed by atoms with Crippen LogP contribution >= 0.6 is 0 Å². The van der Waals surface area contributed by atoms with E-state index in [1.54, 1.807) is 6.33 Å². The minimum Gasteiger partial charge on any atom is -0.363 e. The molecule has 5 heteroatoms. The lowest BCUT2D eigenvalue weighted by atomic mass is 10.0. The van der Waals surface area contributed by atoms with Gasteiger partial charge in [-0.2, -0.15) is 0 Å². The topological polar surface area (TPSA) is 62.7 Å². The predicted molar refractivity (Wildman–Crippen MR) is 92.4 cm³/mol. The number of pyridine rings is 1. The Balaban J connectivity index is 1.85. The van der Waals surface area contributed by atoms with Gasteiger partial charge in [0.15, 0.2) is 0 Å². The van der Waals surface area contributed by atoms with Crippen molar-refractivity contribution in [3.8, 4) is 0 Å². The first-order valence-corrected chi connectivity index (χ1v) is 8.58. The Morgan fingerprint density at radius 2 is 2.17 bits per heavy atom. The van der Waals surface area contributed by atoms with Crippen molar-refractivity contribution in [2.45, 2.75) is 45.1 Å². The standard InChI is InChI=1S/C18H25N5/c1-2-3-6-16(14-5-4-9-20-12-14)23-18-15-7-10-19-11-8-17(15)21-13-22-18/h4-5,9,12-13,16,19H,2-3,6-8,10-11H2,1H3,(H,21,22,23). The summed E-state index contributed by atoms with van der Waals surface area (Å²) >= 11 is 0. The molecule has 0 saturated carbocycles. The molecule has 0 aromatic carbocycles. The van der Waals surface area contributed by atoms with Crippen LogP contribution in [0.3, 0.4) is 0 Å². The first kappa shape index (κ1) is 15.9. The zero-order valence-electron chi connectivity index (χ0n) is 13.8. The first-order valence-electron chi connectivity index (χ1n) is 8.58. The highest BCUT2D eigenvalue weighted by atomic mass is 15.0. The second-order valence-corrected chi connectivity index (χ2v) is 6.02. The van der Waals surface area contributed by atoms with E-state index in [0.29, 0.717) is 0 Å². The zero-order valence-corrected chi connectivity index (χ0v) is 13.8. The Morgan fingerprint density at radius 1 is 1.26 bits per heavy atom. The van der Waals surface area contributed by atoms with E-state index < -0.39 is 0 Å². The van der Waals surface area contributed by atoms with Gasteiger partial charge in [-0.1, -0.05) is 25.8 Å². The Morgan fingerprint density at radius 3 is 3.00 bits per heavy atom. The van der Waals surface area contributed by atoms with Crippen LogP contribution in [0.4, 0.5) is 5.82 Å². The van der Waals surface area contributed by atoms with Gasteiger partial charge in [0.2, 0.25) is 0 Å². The van der Waals surface area contributed by atoms with Crippen molar-refractivity contribution in [3.05, 3.63) is 47.7 Å². The van der Waals surface area contributed by atoms with Gasteiger partial charge in [-0.05, 0) is 31.0 Å². The summed E-state index contributed by atoms with van der Waals surface area (Å²) in [6, 6.07) is 4.39. The van der Waals surface area contributed by atoms with Crippen molar-refractivity contribution in [3.63, 3.8) is 0 Å². The van der Waals surface area contributed by atoms with Crippen molar-refractivity contribution in [1.29, 1.82) is 0 Å². The molecule has 0 radical (unpaired) electrons. The normalized spacial score (nSPS) is 15.5. The molecule has 1 unspecified atom stereocenters. The van der Waals surface area contributed by atoms with Gasteiger partial charge in [-0.25, -0.2) is 9.97 Å². The van der Waals surface area contributed by atoms with Crippen LogP contribution in [0.5, 0.6) is 0 Å². The van der Waals surface area contributed by atoms with Crippen LogP contribution in [0.1, 0.15) is 49.0 Å². The largest absolute Gasteiger partial charge is 0.363 e. The number of unbranched alkanes of at least 4 members (excludes halogenated alkanes) is 1. The predicted octanol–water partition coefficient (Wildman–Crippen LogP) is 2.90. The molecule has 2 N–H and O–H groups in total. The summed E-state index contributed by atoms with van der Waals surface area (Å²) in [5.74, 6) is 0.989. The van der Waals surface area contributed by atoms with Gasteiger partial charge in [-0.15, -0.1) is 0 Å². The molecule has 0 fully saturated rings. The van der Waals surface area contributed by atoms with Crippen LogP contribution < -0.4 is 10.6 Å². The van der Waals surface area contributed by atoms with Gasteiger partial charge in [0.1, 0.15) is 12.1 Å². The highest BCUT2D eigenvalue weighted by molar-refractivity contribution is 5.48. The Hall–Kier alpha value is -2.01. The maximum absolute atomic E-state index is 4.54. The third kappa shape index (κ3) is 4.05. The van der Waals surface area contributed by atoms with Crippen LogP contribution in [0.25, 0.3) is 0 Å². The van der Waals surface area contributed by atoms with Gasteiger partial charge in [0, 0.05) is 30.9 Å². The second-order valence-electron chi connectivity index (χ2n) is 6.02. The van der Waals surface area contributed by atoms with Crippen molar-refractivity contribution < 1.29 is 0 Å². The van der Waals surface area contributed by atoms with Gasteiger partial charge < -0.3 is 10.6 Å². The fraction of sp³-hybridized carbons (Fsp3) is 0.500. The SMILES string of the molecule is CCCCC(Nc1ncnc2c1CCNCC2)c1cccnc1. The number of rotatable bonds is 6. The molecule has 2 aromatic rings. The average molecular weight is 311 g/mol. The number of nitrogens with zero attached hydrogens (tertiary/aromatic N) is 3. The molecule has 122 valence electrons. The fourth-order valence-electron chi connectivity index (χ4n) is 3.07. The van der Waals surface area contributed by atoms with E-state index in [1.165, 1.54) is 29.7 Å². The van der Waals surface area contributed by atoms with Crippen LogP contribution in [0.2, 0.25) is 0 Å². The maximum atomic E-state index is 4.54. The monoisotopic (exact) mass is 311 g/mol. The number of nitrogens with one attached hydrogen (secondary N) is 2. The fourth-order valence-corrected chi connectivity index (χ4v) is 3.07. The number of anilines is 1. The summed E-state index contributed by atoms with van der Waals surface area (Å²) in [5, 5.41) is 7.10. The summed E-state index contributed by atoms with van der Waals surface area (Å²) in [6.07, 6.45) is 10.9. The van der Waals surface area contributed by atoms with E-state index in [4.69, 9.17) is 0 Å². The highest BCUT2D eigenvalue weighted by Crippen LogP contribution is 2.26. The molecule has 3 rings (SSSR count). The van der Waals surface area contributed by atoms with E-state index in [2.05, 4.69) is 38.6 Å². The van der Waals surface area contributed by atoms with Crippen molar-refractivity contribution >= 4 is 5.82 Å². The van der Waals surface area contributed by atoms with Crippen LogP contribution in [-0.2, 0) is 12.8 Å². The van der Waals surface area contributed by atoms with E-state index >= 15 is 0 Å². The second kappa shape index (κ2) is 8.02. The van der Waals surface area contributed by atoms with Crippen LogP contribution in [0, 0.1) is 0 Å². The lowest BCUT2D eigenvalue weighted by molar-refractivity contribution is 0.629. The summed E-state index contributed by atoms with van der Waals surface area (Å²) in [7, 11) is 0. The molecule has 0 bridgehead atoms. The third-order valence-electron chi connectivity index (χ3n) is 4.37. The Bertz CT molecular complexity index is 614. The highest BCUT2D eigenvalue weighted by Gasteiger charge is 2.18. The van der Waals surface area contributed by atoms with Crippen molar-refractivity contribution in [1.82, 2.24) is 20.3 Å². The van der Waals surface area contributed by atoms with Crippen LogP contribution in [-0.4, -0.2) is 28.0 Å². The molecule has 2 aromatic heterocycles. The maximum Gasteiger partial charge on any atom is 0.133 e. The van der Waals surface area contributed by atoms with E-state index in [1.807, 2.05) is 18.5 Å². The van der Waals surface area contributed by atoms with E-state index in [-0.39, 0.29) is 6.04 Å². The zero-order chi connectivity index (χ0) is 15.9. The van der Waals surface area contributed by atoms with Crippen molar-refractivity contribution in [2.24, 2.45) is 0 Å². The molecule has 1 aliphatic rings. The molecule has 1 atom stereocenters. The molecule has 0 aliphatic carbocycles. The third-order valence-corrected chi connectivity index (χ3v) is 4.37. The molecular weight excluding hydrogens is 286 g/mol.